The minimum Gasteiger partial charge on any atom is -0.382 e. The molecule has 3 rings (SSSR count). The minimum atomic E-state index is -3.55. The fraction of sp³-hybridized carbons (Fsp3) is 0.400. The first-order valence-electron chi connectivity index (χ1n) is 5.68. The standard InChI is InChI=1S/C10H13N4O4P/c11-10-9-8(1-2-12-10)14(5-13-9)3-7-4-18-19(15,16)6-17-7/h1-2,5,7H,3-4,6H2,(H2,11,12)(H,15,16)/t7-/m0/s1. The molecule has 1 saturated heterocycles. The van der Waals surface area contributed by atoms with Crippen LogP contribution in [0.2, 0.25) is 0 Å². The van der Waals surface area contributed by atoms with E-state index in [9.17, 15) is 9.46 Å². The molecule has 0 spiro atoms. The van der Waals surface area contributed by atoms with Crippen LogP contribution in [0.15, 0.2) is 18.6 Å². The molecule has 0 aliphatic carbocycles. The van der Waals surface area contributed by atoms with E-state index in [4.69, 9.17) is 15.0 Å². The molecule has 0 bridgehead atoms. The van der Waals surface area contributed by atoms with E-state index in [-0.39, 0.29) is 19.1 Å². The molecule has 3 N–H and O–H groups in total. The third-order valence-corrected chi connectivity index (χ3v) is 3.93. The first kappa shape index (κ1) is 12.6. The molecule has 0 aromatic carbocycles. The zero-order chi connectivity index (χ0) is 13.5. The van der Waals surface area contributed by atoms with Gasteiger partial charge in [0.05, 0.1) is 25.0 Å². The van der Waals surface area contributed by atoms with Crippen LogP contribution in [0.25, 0.3) is 11.0 Å². The number of fused-ring (bicyclic) bond motifs is 1. The van der Waals surface area contributed by atoms with E-state index in [0.717, 1.165) is 5.52 Å². The van der Waals surface area contributed by atoms with Gasteiger partial charge in [0.25, 0.3) is 0 Å². The largest absolute Gasteiger partial charge is 0.382 e. The van der Waals surface area contributed by atoms with Crippen molar-refractivity contribution < 1.29 is 18.7 Å². The summed E-state index contributed by atoms with van der Waals surface area (Å²) in [7, 11) is -3.55. The van der Waals surface area contributed by atoms with Gasteiger partial charge in [-0.3, -0.25) is 4.57 Å². The number of aromatic nitrogens is 3. The van der Waals surface area contributed by atoms with Crippen molar-refractivity contribution >= 4 is 24.4 Å². The summed E-state index contributed by atoms with van der Waals surface area (Å²) in [5.74, 6) is 0.372. The molecule has 1 fully saturated rings. The summed E-state index contributed by atoms with van der Waals surface area (Å²) in [6, 6.07) is 1.80. The highest BCUT2D eigenvalue weighted by Gasteiger charge is 2.30. The van der Waals surface area contributed by atoms with Gasteiger partial charge in [-0.1, -0.05) is 0 Å². The van der Waals surface area contributed by atoms with Gasteiger partial charge in [-0.15, -0.1) is 0 Å². The Labute approximate surface area is 108 Å². The molecular weight excluding hydrogens is 271 g/mol. The van der Waals surface area contributed by atoms with E-state index in [1.165, 1.54) is 0 Å². The molecule has 2 atom stereocenters. The molecule has 1 aliphatic rings. The van der Waals surface area contributed by atoms with Gasteiger partial charge in [0.1, 0.15) is 18.0 Å². The van der Waals surface area contributed by atoms with Gasteiger partial charge < -0.3 is 24.5 Å². The third-order valence-electron chi connectivity index (χ3n) is 2.90. The fourth-order valence-electron chi connectivity index (χ4n) is 1.97. The van der Waals surface area contributed by atoms with Crippen molar-refractivity contribution in [1.82, 2.24) is 14.5 Å². The number of nitrogen functional groups attached to an aromatic ring is 1. The van der Waals surface area contributed by atoms with Gasteiger partial charge in [0.2, 0.25) is 0 Å². The van der Waals surface area contributed by atoms with Crippen molar-refractivity contribution in [2.45, 2.75) is 12.6 Å². The number of anilines is 1. The van der Waals surface area contributed by atoms with E-state index >= 15 is 0 Å². The van der Waals surface area contributed by atoms with Crippen molar-refractivity contribution in [3.05, 3.63) is 18.6 Å². The van der Waals surface area contributed by atoms with Crippen LogP contribution in [0.3, 0.4) is 0 Å². The van der Waals surface area contributed by atoms with Gasteiger partial charge in [-0.2, -0.15) is 0 Å². The summed E-state index contributed by atoms with van der Waals surface area (Å²) in [4.78, 5) is 17.3. The van der Waals surface area contributed by atoms with Crippen molar-refractivity contribution in [3.63, 3.8) is 0 Å². The molecule has 2 aromatic heterocycles. The molecule has 9 heteroatoms. The lowest BCUT2D eigenvalue weighted by Gasteiger charge is -2.26. The average Bonchev–Trinajstić information content (AvgIpc) is 2.77. The van der Waals surface area contributed by atoms with E-state index < -0.39 is 7.60 Å². The van der Waals surface area contributed by atoms with Gasteiger partial charge in [0.15, 0.2) is 5.82 Å². The highest BCUT2D eigenvalue weighted by Crippen LogP contribution is 2.45. The second-order valence-electron chi connectivity index (χ2n) is 4.31. The predicted molar refractivity (Wildman–Crippen MR) is 67.5 cm³/mol. The lowest BCUT2D eigenvalue weighted by atomic mass is 10.3. The molecule has 0 saturated carbocycles. The predicted octanol–water partition coefficient (Wildman–Crippen LogP) is 0.572. The average molecular weight is 284 g/mol. The lowest BCUT2D eigenvalue weighted by Crippen LogP contribution is -2.29. The second-order valence-corrected chi connectivity index (χ2v) is 6.10. The van der Waals surface area contributed by atoms with Crippen LogP contribution in [-0.2, 0) is 20.4 Å². The number of hydrogen-bond donors (Lipinski definition) is 2. The number of ether oxygens (including phenoxy) is 1. The van der Waals surface area contributed by atoms with Crippen LogP contribution in [-0.4, -0.2) is 38.5 Å². The first-order chi connectivity index (χ1) is 9.05. The molecule has 3 heterocycles. The summed E-state index contributed by atoms with van der Waals surface area (Å²) < 4.78 is 23.2. The summed E-state index contributed by atoms with van der Waals surface area (Å²) >= 11 is 0. The lowest BCUT2D eigenvalue weighted by molar-refractivity contribution is -0.00738. The molecule has 0 radical (unpaired) electrons. The number of pyridine rings is 1. The maximum absolute atomic E-state index is 11.2. The first-order valence-corrected chi connectivity index (χ1v) is 7.45. The maximum Gasteiger partial charge on any atom is 0.353 e. The molecular formula is C10H13N4O4P. The third kappa shape index (κ3) is 2.48. The second kappa shape index (κ2) is 4.57. The Morgan fingerprint density at radius 1 is 1.58 bits per heavy atom. The van der Waals surface area contributed by atoms with Crippen LogP contribution in [0.5, 0.6) is 0 Å². The Morgan fingerprint density at radius 3 is 3.16 bits per heavy atom. The zero-order valence-corrected chi connectivity index (χ0v) is 10.9. The van der Waals surface area contributed by atoms with Crippen molar-refractivity contribution in [2.24, 2.45) is 0 Å². The molecule has 1 unspecified atom stereocenters. The zero-order valence-electron chi connectivity index (χ0n) is 9.97. The Kier molecular flexibility index (Phi) is 3.02. The summed E-state index contributed by atoms with van der Waals surface area (Å²) in [5, 5.41) is 0. The van der Waals surface area contributed by atoms with Gasteiger partial charge in [-0.25, -0.2) is 9.97 Å². The summed E-state index contributed by atoms with van der Waals surface area (Å²) in [6.45, 7) is 0.550. The molecule has 0 amide bonds. The molecule has 19 heavy (non-hydrogen) atoms. The van der Waals surface area contributed by atoms with E-state index in [0.29, 0.717) is 17.9 Å². The highest BCUT2D eigenvalue weighted by atomic mass is 31.2. The molecule has 2 aromatic rings. The highest BCUT2D eigenvalue weighted by molar-refractivity contribution is 7.52. The summed E-state index contributed by atoms with van der Waals surface area (Å²) in [6.07, 6.45) is 2.67. The molecule has 102 valence electrons. The van der Waals surface area contributed by atoms with Crippen molar-refractivity contribution in [2.75, 3.05) is 18.7 Å². The SMILES string of the molecule is Nc1nccc2c1ncn2C[C@H]1COP(=O)(O)CO1. The monoisotopic (exact) mass is 284 g/mol. The Hall–Kier alpha value is -1.47. The van der Waals surface area contributed by atoms with Crippen molar-refractivity contribution in [3.8, 4) is 0 Å². The quantitative estimate of drug-likeness (QED) is 0.775. The number of rotatable bonds is 2. The number of imidazole rings is 1. The van der Waals surface area contributed by atoms with Gasteiger partial charge in [0, 0.05) is 6.20 Å². The minimum absolute atomic E-state index is 0.0774. The Morgan fingerprint density at radius 2 is 2.42 bits per heavy atom. The smallest absolute Gasteiger partial charge is 0.353 e. The summed E-state index contributed by atoms with van der Waals surface area (Å²) in [5.41, 5.74) is 7.20. The van der Waals surface area contributed by atoms with Crippen LogP contribution >= 0.6 is 7.60 Å². The van der Waals surface area contributed by atoms with Crippen LogP contribution in [0.1, 0.15) is 0 Å². The number of nitrogens with zero attached hydrogens (tertiary/aromatic N) is 3. The van der Waals surface area contributed by atoms with Crippen molar-refractivity contribution in [1.29, 1.82) is 0 Å². The maximum atomic E-state index is 11.2. The van der Waals surface area contributed by atoms with E-state index in [1.807, 2.05) is 4.57 Å². The Bertz CT molecular complexity index is 646. The van der Waals surface area contributed by atoms with Gasteiger partial charge in [-0.05, 0) is 6.07 Å². The number of hydrogen-bond acceptors (Lipinski definition) is 6. The van der Waals surface area contributed by atoms with E-state index in [2.05, 4.69) is 9.97 Å². The van der Waals surface area contributed by atoms with Crippen LogP contribution in [0, 0.1) is 0 Å². The Balaban J connectivity index is 1.79. The van der Waals surface area contributed by atoms with E-state index in [1.54, 1.807) is 18.6 Å². The normalized spacial score (nSPS) is 27.7. The topological polar surface area (TPSA) is 112 Å². The molecule has 8 nitrogen and oxygen atoms in total. The fourth-order valence-corrected chi connectivity index (χ4v) is 2.84. The molecule has 1 aliphatic heterocycles. The van der Waals surface area contributed by atoms with Gasteiger partial charge >= 0.3 is 7.60 Å². The van der Waals surface area contributed by atoms with Crippen LogP contribution in [0.4, 0.5) is 5.82 Å². The van der Waals surface area contributed by atoms with Crippen LogP contribution < -0.4 is 5.73 Å². The number of nitrogens with two attached hydrogens (primary N) is 1.